The molecule has 1 aromatic rings. The van der Waals surface area contributed by atoms with Crippen LogP contribution in [0.4, 0.5) is 11.4 Å². The Morgan fingerprint density at radius 3 is 2.55 bits per heavy atom. The van der Waals surface area contributed by atoms with Gasteiger partial charge in [0.05, 0.1) is 9.82 Å². The summed E-state index contributed by atoms with van der Waals surface area (Å²) in [5, 5.41) is 10.9. The number of anilines is 1. The van der Waals surface area contributed by atoms with E-state index in [1.54, 1.807) is 6.92 Å². The smallest absolute Gasteiger partial charge is 0.293 e. The Balaban J connectivity index is 3.31. The molecule has 0 heterocycles. The van der Waals surface area contributed by atoms with Crippen molar-refractivity contribution in [1.29, 1.82) is 0 Å². The van der Waals surface area contributed by atoms with E-state index >= 15 is 0 Å². The summed E-state index contributed by atoms with van der Waals surface area (Å²) in [7, 11) is -2.30. The molecule has 0 saturated carbocycles. The van der Waals surface area contributed by atoms with Crippen molar-refractivity contribution in [1.82, 2.24) is 4.31 Å². The molecule has 0 aliphatic carbocycles. The molecule has 9 heteroatoms. The maximum atomic E-state index is 12.4. The largest absolute Gasteiger partial charge is 0.393 e. The van der Waals surface area contributed by atoms with Gasteiger partial charge in [0, 0.05) is 25.4 Å². The van der Waals surface area contributed by atoms with Crippen LogP contribution in [0.15, 0.2) is 17.0 Å². The van der Waals surface area contributed by atoms with E-state index in [-0.39, 0.29) is 10.6 Å². The summed E-state index contributed by atoms with van der Waals surface area (Å²) >= 11 is 1.52. The van der Waals surface area contributed by atoms with E-state index < -0.39 is 20.6 Å². The molecule has 0 saturated heterocycles. The lowest BCUT2D eigenvalue weighted by molar-refractivity contribution is -0.384. The van der Waals surface area contributed by atoms with Crippen molar-refractivity contribution >= 4 is 33.2 Å². The molecule has 0 spiro atoms. The minimum Gasteiger partial charge on any atom is -0.393 e. The Morgan fingerprint density at radius 2 is 2.05 bits per heavy atom. The third-order valence-electron chi connectivity index (χ3n) is 2.82. The molecular formula is C11H17N3O4S2. The molecule has 0 aliphatic heterocycles. The number of nitro benzene ring substituents is 1. The summed E-state index contributed by atoms with van der Waals surface area (Å²) in [6, 6.07) is 2.34. The van der Waals surface area contributed by atoms with E-state index in [4.69, 9.17) is 5.73 Å². The first kappa shape index (κ1) is 16.7. The van der Waals surface area contributed by atoms with Crippen molar-refractivity contribution < 1.29 is 13.3 Å². The summed E-state index contributed by atoms with van der Waals surface area (Å²) in [5.41, 5.74) is 5.49. The molecule has 0 aliphatic rings. The highest BCUT2D eigenvalue weighted by Gasteiger charge is 2.26. The van der Waals surface area contributed by atoms with Crippen molar-refractivity contribution in [2.45, 2.75) is 11.8 Å². The molecule has 20 heavy (non-hydrogen) atoms. The Labute approximate surface area is 122 Å². The third kappa shape index (κ3) is 3.41. The lowest BCUT2D eigenvalue weighted by Gasteiger charge is -2.18. The minimum atomic E-state index is -3.75. The number of nitro groups is 1. The van der Waals surface area contributed by atoms with Crippen molar-refractivity contribution in [3.05, 3.63) is 27.8 Å². The van der Waals surface area contributed by atoms with Crippen LogP contribution in [0.3, 0.4) is 0 Å². The summed E-state index contributed by atoms with van der Waals surface area (Å²) in [5.74, 6) is 0.645. The summed E-state index contributed by atoms with van der Waals surface area (Å²) in [6.07, 6.45) is 1.87. The predicted octanol–water partition coefficient (Wildman–Crippen LogP) is 1.47. The van der Waals surface area contributed by atoms with Crippen LogP contribution in [-0.4, -0.2) is 43.2 Å². The number of hydrogen-bond acceptors (Lipinski definition) is 6. The molecule has 0 amide bonds. The highest BCUT2D eigenvalue weighted by atomic mass is 32.2. The molecule has 112 valence electrons. The summed E-state index contributed by atoms with van der Waals surface area (Å²) in [6.45, 7) is 1.90. The number of benzene rings is 1. The van der Waals surface area contributed by atoms with E-state index in [2.05, 4.69) is 0 Å². The van der Waals surface area contributed by atoms with Gasteiger partial charge < -0.3 is 5.73 Å². The maximum absolute atomic E-state index is 12.4. The topological polar surface area (TPSA) is 107 Å². The van der Waals surface area contributed by atoms with Crippen LogP contribution in [0, 0.1) is 17.0 Å². The second-order valence-corrected chi connectivity index (χ2v) is 7.25. The van der Waals surface area contributed by atoms with E-state index in [1.165, 1.54) is 29.2 Å². The molecule has 0 radical (unpaired) electrons. The van der Waals surface area contributed by atoms with Gasteiger partial charge in [-0.1, -0.05) is 0 Å². The fourth-order valence-electron chi connectivity index (χ4n) is 1.64. The van der Waals surface area contributed by atoms with Crippen LogP contribution in [0.25, 0.3) is 0 Å². The van der Waals surface area contributed by atoms with Crippen LogP contribution < -0.4 is 5.73 Å². The third-order valence-corrected chi connectivity index (χ3v) is 5.41. The van der Waals surface area contributed by atoms with Crippen LogP contribution in [0.2, 0.25) is 0 Å². The highest BCUT2D eigenvalue weighted by molar-refractivity contribution is 7.98. The number of nitrogen functional groups attached to an aromatic ring is 1. The molecule has 0 unspecified atom stereocenters. The van der Waals surface area contributed by atoms with Crippen molar-refractivity contribution in [2.75, 3.05) is 31.3 Å². The Hall–Kier alpha value is -1.32. The molecule has 1 rings (SSSR count). The highest BCUT2D eigenvalue weighted by Crippen LogP contribution is 2.29. The van der Waals surface area contributed by atoms with Gasteiger partial charge in [-0.3, -0.25) is 10.1 Å². The zero-order chi connectivity index (χ0) is 15.5. The fourth-order valence-corrected chi connectivity index (χ4v) is 3.61. The number of thioether (sulfide) groups is 1. The number of aryl methyl sites for hydroxylation is 1. The van der Waals surface area contributed by atoms with Crippen LogP contribution in [-0.2, 0) is 10.0 Å². The van der Waals surface area contributed by atoms with Gasteiger partial charge in [-0.15, -0.1) is 0 Å². The van der Waals surface area contributed by atoms with E-state index in [9.17, 15) is 18.5 Å². The van der Waals surface area contributed by atoms with Crippen LogP contribution in [0.1, 0.15) is 5.56 Å². The monoisotopic (exact) mass is 319 g/mol. The minimum absolute atomic E-state index is 0.0433. The van der Waals surface area contributed by atoms with Crippen LogP contribution >= 0.6 is 11.8 Å². The molecule has 0 fully saturated rings. The van der Waals surface area contributed by atoms with Gasteiger partial charge in [-0.2, -0.15) is 11.8 Å². The predicted molar refractivity (Wildman–Crippen MR) is 80.4 cm³/mol. The molecule has 0 atom stereocenters. The first-order valence-corrected chi connectivity index (χ1v) is 8.55. The van der Waals surface area contributed by atoms with Gasteiger partial charge in [-0.25, -0.2) is 12.7 Å². The standard InChI is InChI=1S/C11H17N3O4S2/c1-8-6-9(12)10(14(15)16)7-11(8)20(17,18)13(2)4-5-19-3/h6-7H,4-5,12H2,1-3H3. The Kier molecular flexibility index (Phi) is 5.37. The molecule has 0 bridgehead atoms. The summed E-state index contributed by atoms with van der Waals surface area (Å²) < 4.78 is 26.0. The number of nitrogens with two attached hydrogens (primary N) is 1. The maximum Gasteiger partial charge on any atom is 0.293 e. The van der Waals surface area contributed by atoms with Gasteiger partial charge in [0.2, 0.25) is 10.0 Å². The zero-order valence-electron chi connectivity index (χ0n) is 11.5. The van der Waals surface area contributed by atoms with Crippen molar-refractivity contribution in [3.8, 4) is 0 Å². The molecule has 2 N–H and O–H groups in total. The quantitative estimate of drug-likeness (QED) is 0.483. The van der Waals surface area contributed by atoms with Crippen molar-refractivity contribution in [3.63, 3.8) is 0 Å². The Bertz CT molecular complexity index is 616. The lowest BCUT2D eigenvalue weighted by Crippen LogP contribution is -2.29. The number of sulfonamides is 1. The number of rotatable bonds is 6. The molecule has 1 aromatic carbocycles. The van der Waals surface area contributed by atoms with E-state index in [0.29, 0.717) is 17.9 Å². The van der Waals surface area contributed by atoms with Gasteiger partial charge in [0.1, 0.15) is 5.69 Å². The summed E-state index contributed by atoms with van der Waals surface area (Å²) in [4.78, 5) is 10.1. The molecule has 7 nitrogen and oxygen atoms in total. The van der Waals surface area contributed by atoms with Gasteiger partial charge in [-0.05, 0) is 24.8 Å². The molecule has 0 aromatic heterocycles. The number of nitrogens with zero attached hydrogens (tertiary/aromatic N) is 2. The average Bonchev–Trinajstić information content (AvgIpc) is 2.34. The molecular weight excluding hydrogens is 302 g/mol. The normalized spacial score (nSPS) is 11.8. The van der Waals surface area contributed by atoms with Gasteiger partial charge in [0.15, 0.2) is 0 Å². The Morgan fingerprint density at radius 1 is 1.45 bits per heavy atom. The second kappa shape index (κ2) is 6.42. The first-order valence-electron chi connectivity index (χ1n) is 5.71. The first-order chi connectivity index (χ1) is 9.21. The van der Waals surface area contributed by atoms with E-state index in [1.807, 2.05) is 6.26 Å². The average molecular weight is 319 g/mol. The van der Waals surface area contributed by atoms with Gasteiger partial charge in [0.25, 0.3) is 5.69 Å². The van der Waals surface area contributed by atoms with Crippen molar-refractivity contribution in [2.24, 2.45) is 0 Å². The fraction of sp³-hybridized carbons (Fsp3) is 0.455. The second-order valence-electron chi connectivity index (χ2n) is 4.25. The van der Waals surface area contributed by atoms with Gasteiger partial charge >= 0.3 is 0 Å². The van der Waals surface area contributed by atoms with E-state index in [0.717, 1.165) is 6.07 Å². The number of hydrogen-bond donors (Lipinski definition) is 1. The SMILES string of the molecule is CSCCN(C)S(=O)(=O)c1cc([N+](=O)[O-])c(N)cc1C. The van der Waals surface area contributed by atoms with Crippen LogP contribution in [0.5, 0.6) is 0 Å². The zero-order valence-corrected chi connectivity index (χ0v) is 13.1. The lowest BCUT2D eigenvalue weighted by atomic mass is 10.2.